The van der Waals surface area contributed by atoms with Crippen LogP contribution in [-0.4, -0.2) is 22.0 Å². The summed E-state index contributed by atoms with van der Waals surface area (Å²) < 4.78 is 40.5. The van der Waals surface area contributed by atoms with Gasteiger partial charge in [-0.25, -0.2) is 4.98 Å². The van der Waals surface area contributed by atoms with E-state index in [0.29, 0.717) is 5.69 Å². The summed E-state index contributed by atoms with van der Waals surface area (Å²) in [6.45, 7) is 9.34. The van der Waals surface area contributed by atoms with Gasteiger partial charge in [0.05, 0.1) is 17.6 Å². The monoisotopic (exact) mass is 339 g/mol. The minimum absolute atomic E-state index is 0.0713. The van der Waals surface area contributed by atoms with E-state index in [1.165, 1.54) is 23.0 Å². The molecule has 1 N–H and O–H groups in total. The molecule has 0 radical (unpaired) electrons. The number of nitrogens with one attached hydrogen (secondary N) is 1. The van der Waals surface area contributed by atoms with Crippen LogP contribution >= 0.6 is 0 Å². The molecule has 0 bridgehead atoms. The Bertz CT molecular complexity index is 705. The molecular formula is C17H20F3N3O. The number of aryl methyl sites for hydroxylation is 1. The molecule has 1 heterocycles. The molecule has 0 unspecified atom stereocenters. The quantitative estimate of drug-likeness (QED) is 0.851. The summed E-state index contributed by atoms with van der Waals surface area (Å²) in [5.41, 5.74) is -0.0765. The lowest BCUT2D eigenvalue weighted by atomic mass is 10.1. The number of hydrogen-bond donors (Lipinski definition) is 1. The lowest BCUT2D eigenvalue weighted by Crippen LogP contribution is -2.24. The molecule has 1 aromatic heterocycles. The van der Waals surface area contributed by atoms with Crippen LogP contribution in [0.15, 0.2) is 43.4 Å². The molecule has 0 aliphatic carbocycles. The number of carbonyl (C=O) groups is 1. The van der Waals surface area contributed by atoms with Gasteiger partial charge in [0.2, 0.25) is 0 Å². The van der Waals surface area contributed by atoms with Gasteiger partial charge in [-0.05, 0) is 25.1 Å². The van der Waals surface area contributed by atoms with Crippen LogP contribution in [-0.2, 0) is 6.18 Å². The third-order valence-corrected chi connectivity index (χ3v) is 2.92. The van der Waals surface area contributed by atoms with Crippen LogP contribution in [0.2, 0.25) is 0 Å². The molecule has 0 spiro atoms. The summed E-state index contributed by atoms with van der Waals surface area (Å²) in [5.74, 6) is -0.593. The van der Waals surface area contributed by atoms with Gasteiger partial charge in [0.1, 0.15) is 0 Å². The number of nitrogens with zero attached hydrogens (tertiary/aromatic N) is 2. The fraction of sp³-hybridized carbons (Fsp3) is 0.294. The van der Waals surface area contributed by atoms with Gasteiger partial charge in [-0.3, -0.25) is 4.79 Å². The second-order valence-corrected chi connectivity index (χ2v) is 4.69. The standard InChI is InChI=1S/C15H14F3N3O.C2H6/c1-3-4-19-14(22)11-5-12(15(16,17)18)7-13(6-11)21-8-10(2)20-9-21;1-2/h3,5-9H,1,4H2,2H3,(H,19,22);1-2H3. The minimum Gasteiger partial charge on any atom is -0.349 e. The second-order valence-electron chi connectivity index (χ2n) is 4.69. The Hall–Kier alpha value is -2.57. The number of rotatable bonds is 4. The van der Waals surface area contributed by atoms with Crippen molar-refractivity contribution in [3.63, 3.8) is 0 Å². The van der Waals surface area contributed by atoms with Gasteiger partial charge < -0.3 is 9.88 Å². The highest BCUT2D eigenvalue weighted by Gasteiger charge is 2.32. The first-order chi connectivity index (χ1) is 11.3. The number of amides is 1. The molecule has 1 amide bonds. The summed E-state index contributed by atoms with van der Waals surface area (Å²) in [6, 6.07) is 3.19. The normalized spacial score (nSPS) is 10.6. The van der Waals surface area contributed by atoms with E-state index >= 15 is 0 Å². The third-order valence-electron chi connectivity index (χ3n) is 2.92. The van der Waals surface area contributed by atoms with Crippen LogP contribution in [0.1, 0.15) is 35.5 Å². The van der Waals surface area contributed by atoms with E-state index in [1.807, 2.05) is 13.8 Å². The van der Waals surface area contributed by atoms with E-state index in [4.69, 9.17) is 0 Å². The predicted molar refractivity (Wildman–Crippen MR) is 87.2 cm³/mol. The largest absolute Gasteiger partial charge is 0.416 e. The lowest BCUT2D eigenvalue weighted by Gasteiger charge is -2.12. The highest BCUT2D eigenvalue weighted by molar-refractivity contribution is 5.95. The van der Waals surface area contributed by atoms with E-state index in [2.05, 4.69) is 16.9 Å². The van der Waals surface area contributed by atoms with E-state index in [1.54, 1.807) is 13.1 Å². The molecule has 0 atom stereocenters. The highest BCUT2D eigenvalue weighted by atomic mass is 19.4. The van der Waals surface area contributed by atoms with Crippen LogP contribution in [0.4, 0.5) is 13.2 Å². The van der Waals surface area contributed by atoms with E-state index < -0.39 is 17.6 Å². The molecule has 24 heavy (non-hydrogen) atoms. The molecule has 0 saturated heterocycles. The van der Waals surface area contributed by atoms with Crippen LogP contribution in [0.3, 0.4) is 0 Å². The maximum absolute atomic E-state index is 13.0. The molecule has 4 nitrogen and oxygen atoms in total. The van der Waals surface area contributed by atoms with Crippen LogP contribution in [0.5, 0.6) is 0 Å². The van der Waals surface area contributed by atoms with Crippen LogP contribution in [0, 0.1) is 6.92 Å². The summed E-state index contributed by atoms with van der Waals surface area (Å²) in [6.07, 6.45) is -0.109. The Kier molecular flexibility index (Phi) is 6.76. The van der Waals surface area contributed by atoms with Gasteiger partial charge >= 0.3 is 6.18 Å². The zero-order chi connectivity index (χ0) is 18.3. The average molecular weight is 339 g/mol. The lowest BCUT2D eigenvalue weighted by molar-refractivity contribution is -0.137. The van der Waals surface area contributed by atoms with Gasteiger partial charge in [-0.15, -0.1) is 6.58 Å². The Morgan fingerprint density at radius 2 is 2.00 bits per heavy atom. The van der Waals surface area contributed by atoms with Crippen molar-refractivity contribution < 1.29 is 18.0 Å². The van der Waals surface area contributed by atoms with E-state index in [0.717, 1.165) is 12.1 Å². The Morgan fingerprint density at radius 1 is 1.33 bits per heavy atom. The topological polar surface area (TPSA) is 46.9 Å². The third kappa shape index (κ3) is 4.97. The van der Waals surface area contributed by atoms with Gasteiger partial charge in [-0.1, -0.05) is 19.9 Å². The molecule has 2 aromatic rings. The number of carbonyl (C=O) groups excluding carboxylic acids is 1. The SMILES string of the molecule is C=CCNC(=O)c1cc(-n2cnc(C)c2)cc(C(F)(F)F)c1.CC. The molecule has 1 aromatic carbocycles. The smallest absolute Gasteiger partial charge is 0.349 e. The number of alkyl halides is 3. The van der Waals surface area contributed by atoms with Crippen LogP contribution < -0.4 is 5.32 Å². The molecule has 2 rings (SSSR count). The fourth-order valence-electron chi connectivity index (χ4n) is 1.88. The summed E-state index contributed by atoms with van der Waals surface area (Å²) >= 11 is 0. The first-order valence-corrected chi connectivity index (χ1v) is 7.43. The summed E-state index contributed by atoms with van der Waals surface area (Å²) in [4.78, 5) is 15.9. The van der Waals surface area contributed by atoms with Crippen molar-refractivity contribution in [1.29, 1.82) is 0 Å². The Balaban J connectivity index is 0.00000139. The highest BCUT2D eigenvalue weighted by Crippen LogP contribution is 2.31. The van der Waals surface area contributed by atoms with Crippen molar-refractivity contribution in [2.24, 2.45) is 0 Å². The maximum Gasteiger partial charge on any atom is 0.416 e. The second kappa shape index (κ2) is 8.33. The van der Waals surface area contributed by atoms with E-state index in [-0.39, 0.29) is 17.8 Å². The summed E-state index contributed by atoms with van der Waals surface area (Å²) in [7, 11) is 0. The number of hydrogen-bond acceptors (Lipinski definition) is 2. The van der Waals surface area contributed by atoms with Crippen molar-refractivity contribution in [3.8, 4) is 5.69 Å². The van der Waals surface area contributed by atoms with Gasteiger partial charge in [-0.2, -0.15) is 13.2 Å². The van der Waals surface area contributed by atoms with Gasteiger partial charge in [0.25, 0.3) is 5.91 Å². The minimum atomic E-state index is -4.54. The van der Waals surface area contributed by atoms with Gasteiger partial charge in [0.15, 0.2) is 0 Å². The maximum atomic E-state index is 13.0. The van der Waals surface area contributed by atoms with Crippen LogP contribution in [0.25, 0.3) is 5.69 Å². The van der Waals surface area contributed by atoms with Crippen molar-refractivity contribution in [2.45, 2.75) is 26.9 Å². The zero-order valence-corrected chi connectivity index (χ0v) is 13.8. The average Bonchev–Trinajstić information content (AvgIpc) is 2.99. The zero-order valence-electron chi connectivity index (χ0n) is 13.8. The first-order valence-electron chi connectivity index (χ1n) is 7.43. The molecule has 130 valence electrons. The van der Waals surface area contributed by atoms with Gasteiger partial charge in [0, 0.05) is 24.0 Å². The molecule has 0 aliphatic heterocycles. The van der Waals surface area contributed by atoms with Crippen molar-refractivity contribution in [1.82, 2.24) is 14.9 Å². The first kappa shape index (κ1) is 19.5. The molecule has 0 fully saturated rings. The van der Waals surface area contributed by atoms with Crippen molar-refractivity contribution in [3.05, 3.63) is 60.2 Å². The Labute approximate surface area is 139 Å². The predicted octanol–water partition coefficient (Wildman–Crippen LogP) is 4.14. The molecule has 7 heteroatoms. The van der Waals surface area contributed by atoms with Crippen molar-refractivity contribution in [2.75, 3.05) is 6.54 Å². The fourth-order valence-corrected chi connectivity index (χ4v) is 1.88. The number of benzene rings is 1. The molecular weight excluding hydrogens is 319 g/mol. The number of aromatic nitrogens is 2. The molecule has 0 aliphatic rings. The Morgan fingerprint density at radius 3 is 2.50 bits per heavy atom. The van der Waals surface area contributed by atoms with E-state index in [9.17, 15) is 18.0 Å². The van der Waals surface area contributed by atoms with Crippen molar-refractivity contribution >= 4 is 5.91 Å². The molecule has 0 saturated carbocycles. The summed E-state index contributed by atoms with van der Waals surface area (Å²) in [5, 5.41) is 2.46. The number of imidazole rings is 1. The number of halogens is 3.